The van der Waals surface area contributed by atoms with E-state index in [1.54, 1.807) is 0 Å². The second kappa shape index (κ2) is 18.0. The molecule has 2 aliphatic rings. The van der Waals surface area contributed by atoms with Crippen molar-refractivity contribution in [2.24, 2.45) is 0 Å². The molecule has 1 saturated heterocycles. The summed E-state index contributed by atoms with van der Waals surface area (Å²) < 4.78 is 4.94. The van der Waals surface area contributed by atoms with E-state index in [1.807, 2.05) is 12.1 Å². The van der Waals surface area contributed by atoms with Crippen molar-refractivity contribution >= 4 is 81.2 Å². The maximum Gasteiger partial charge on any atom is 2.00 e. The summed E-state index contributed by atoms with van der Waals surface area (Å²) in [5.41, 5.74) is 1.93. The van der Waals surface area contributed by atoms with Crippen LogP contribution in [0.15, 0.2) is 30.9 Å². The first kappa shape index (κ1) is 32.7. The largest absolute Gasteiger partial charge is 2.00 e. The molecule has 0 saturated carbocycles. The predicted octanol–water partition coefficient (Wildman–Crippen LogP) is 3.28. The van der Waals surface area contributed by atoms with Crippen molar-refractivity contribution in [1.29, 1.82) is 0 Å². The molecule has 2 aromatic rings. The number of allylic oxidation sites excluding steroid dienone is 1. The van der Waals surface area contributed by atoms with E-state index in [0.717, 1.165) is 30.8 Å². The quantitative estimate of drug-likeness (QED) is 0.170. The van der Waals surface area contributed by atoms with Crippen molar-refractivity contribution in [1.82, 2.24) is 9.97 Å². The number of hydrogen-bond donors (Lipinski definition) is 0. The summed E-state index contributed by atoms with van der Waals surface area (Å²) in [6.45, 7) is 9.00. The number of halogens is 5. The molecule has 0 spiro atoms. The Morgan fingerprint density at radius 3 is 2.10 bits per heavy atom. The number of nitro groups is 1. The van der Waals surface area contributed by atoms with Crippen LogP contribution >= 0.6 is 46.4 Å². The Balaban J connectivity index is 0. The van der Waals surface area contributed by atoms with E-state index in [-0.39, 0.29) is 56.0 Å². The zero-order valence-corrected chi connectivity index (χ0v) is 22.4. The first-order valence-corrected chi connectivity index (χ1v) is 9.86. The van der Waals surface area contributed by atoms with Gasteiger partial charge in [0.05, 0.1) is 4.92 Å². The van der Waals surface area contributed by atoms with Crippen molar-refractivity contribution in [3.63, 3.8) is 0 Å². The molecule has 0 bridgehead atoms. The second-order valence-electron chi connectivity index (χ2n) is 5.43. The van der Waals surface area contributed by atoms with E-state index in [1.165, 1.54) is 25.0 Å². The van der Waals surface area contributed by atoms with Gasteiger partial charge >= 0.3 is 28.7 Å². The summed E-state index contributed by atoms with van der Waals surface area (Å²) in [7, 11) is 0. The van der Waals surface area contributed by atoms with Crippen LogP contribution in [-0.2, 0) is 11.2 Å². The van der Waals surface area contributed by atoms with Gasteiger partial charge in [-0.1, -0.05) is 58.6 Å². The summed E-state index contributed by atoms with van der Waals surface area (Å²) in [6.07, 6.45) is 7.49. The monoisotopic (exact) mass is 579 g/mol. The molecule has 1 aliphatic heterocycles. The van der Waals surface area contributed by atoms with E-state index >= 15 is 0 Å². The Labute approximate surface area is 228 Å². The maximum atomic E-state index is 10.2. The Morgan fingerprint density at radius 1 is 1.03 bits per heavy atom. The third-order valence-electron chi connectivity index (χ3n) is 3.52. The van der Waals surface area contributed by atoms with E-state index in [2.05, 4.69) is 29.2 Å². The summed E-state index contributed by atoms with van der Waals surface area (Å²) in [5, 5.41) is 11.1. The molecule has 0 unspecified atom stereocenters. The smallest absolute Gasteiger partial charge is 1.00 e. The third-order valence-corrected chi connectivity index (χ3v) is 4.51. The van der Waals surface area contributed by atoms with Gasteiger partial charge in [0.2, 0.25) is 5.15 Å². The Hall–Kier alpha value is -0.454. The van der Waals surface area contributed by atoms with Crippen LogP contribution in [-0.4, -0.2) is 51.2 Å². The maximum absolute atomic E-state index is 10.2. The second-order valence-corrected chi connectivity index (χ2v) is 6.92. The Morgan fingerprint density at radius 2 is 1.61 bits per heavy atom. The first-order chi connectivity index (χ1) is 13.9. The summed E-state index contributed by atoms with van der Waals surface area (Å²) in [5.74, 6) is 0. The SMILES string of the molecule is C1CCOC1.Clc1cc2c(c(Cl)n1)CC=C2.O=[N+]([O-])c1ccc(Cl)nc1Cl.[Br-].[CH-]=C.[Mg+2]. The number of nitrogens with zero attached hydrogens (tertiary/aromatic N) is 3. The number of ether oxygens (including phenoxy) is 1. The molecule has 0 radical (unpaired) electrons. The van der Waals surface area contributed by atoms with Crippen molar-refractivity contribution in [3.8, 4) is 0 Å². The fourth-order valence-electron chi connectivity index (χ4n) is 2.23. The third kappa shape index (κ3) is 11.8. The molecule has 0 amide bonds. The molecule has 2 aromatic heterocycles. The van der Waals surface area contributed by atoms with Crippen molar-refractivity contribution in [3.05, 3.63) is 79.3 Å². The number of fused-ring (bicyclic) bond motifs is 1. The minimum Gasteiger partial charge on any atom is -1.00 e. The van der Waals surface area contributed by atoms with E-state index in [0.29, 0.717) is 10.3 Å². The summed E-state index contributed by atoms with van der Waals surface area (Å²) >= 11 is 22.3. The Bertz CT molecular complexity index is 864. The van der Waals surface area contributed by atoms with Gasteiger partial charge in [0.1, 0.15) is 15.5 Å². The van der Waals surface area contributed by atoms with Crippen LogP contribution in [0.5, 0.6) is 0 Å². The summed E-state index contributed by atoms with van der Waals surface area (Å²) in [6, 6.07) is 4.34. The summed E-state index contributed by atoms with van der Waals surface area (Å²) in [4.78, 5) is 17.0. The molecule has 3 heterocycles. The van der Waals surface area contributed by atoms with Crippen LogP contribution in [0.3, 0.4) is 0 Å². The van der Waals surface area contributed by atoms with Crippen LogP contribution in [0.2, 0.25) is 20.6 Å². The van der Waals surface area contributed by atoms with Gasteiger partial charge in [-0.3, -0.25) is 16.7 Å². The van der Waals surface area contributed by atoms with Crippen LogP contribution in [0.4, 0.5) is 5.69 Å². The first-order valence-electron chi connectivity index (χ1n) is 8.35. The molecule has 0 atom stereocenters. The topological polar surface area (TPSA) is 78.1 Å². The van der Waals surface area contributed by atoms with Gasteiger partial charge in [-0.25, -0.2) is 9.97 Å². The zero-order valence-electron chi connectivity index (χ0n) is 16.4. The minimum atomic E-state index is -0.619. The van der Waals surface area contributed by atoms with Crippen LogP contribution in [0.25, 0.3) is 6.08 Å². The molecule has 164 valence electrons. The fraction of sp³-hybridized carbons (Fsp3) is 0.263. The molecule has 6 nitrogen and oxygen atoms in total. The average Bonchev–Trinajstić information content (AvgIpc) is 3.38. The van der Waals surface area contributed by atoms with Crippen LogP contribution in [0.1, 0.15) is 24.0 Å². The number of aromatic nitrogens is 2. The molecule has 1 fully saturated rings. The van der Waals surface area contributed by atoms with Gasteiger partial charge in [-0.15, -0.1) is 0 Å². The van der Waals surface area contributed by atoms with E-state index in [9.17, 15) is 10.1 Å². The molecular weight excluding hydrogens is 564 g/mol. The fourth-order valence-corrected chi connectivity index (χ4v) is 3.17. The van der Waals surface area contributed by atoms with Crippen molar-refractivity contribution in [2.75, 3.05) is 13.2 Å². The standard InChI is InChI=1S/C8H5Cl2N.C5H2Cl2N2O2.C4H8O.C2H3.BrH.Mg/c9-7-4-5-2-1-3-6(5)8(10)11-7;6-4-2-1-3(9(10)11)5(7)8-4;1-2-4-5-3-1;1-2;;/h1-2,4H,3H2;1-2H;1-4H2;1H,2H2;1H;/q;;;-1;;+2/p-1. The number of pyridine rings is 2. The Kier molecular flexibility index (Phi) is 19.0. The van der Waals surface area contributed by atoms with Gasteiger partial charge in [0.15, 0.2) is 0 Å². The minimum absolute atomic E-state index is 0. The van der Waals surface area contributed by atoms with Gasteiger partial charge in [0.25, 0.3) is 0 Å². The van der Waals surface area contributed by atoms with Crippen molar-refractivity contribution in [2.45, 2.75) is 19.3 Å². The molecule has 4 rings (SSSR count). The normalized spacial score (nSPS) is 12.3. The zero-order chi connectivity index (χ0) is 21.8. The van der Waals surface area contributed by atoms with Gasteiger partial charge in [-0.05, 0) is 37.0 Å². The molecule has 12 heteroatoms. The molecule has 0 aromatic carbocycles. The molecule has 31 heavy (non-hydrogen) atoms. The van der Waals surface area contributed by atoms with Crippen LogP contribution in [0, 0.1) is 16.7 Å². The van der Waals surface area contributed by atoms with Gasteiger partial charge in [-0.2, -0.15) is 0 Å². The van der Waals surface area contributed by atoms with Crippen LogP contribution < -0.4 is 17.0 Å². The van der Waals surface area contributed by atoms with Gasteiger partial charge in [0, 0.05) is 24.8 Å². The molecular formula is C19H18BrCl4MgN3O3. The average molecular weight is 582 g/mol. The molecule has 1 aliphatic carbocycles. The van der Waals surface area contributed by atoms with Gasteiger partial charge < -0.3 is 28.3 Å². The van der Waals surface area contributed by atoms with Crippen molar-refractivity contribution < 1.29 is 26.6 Å². The number of rotatable bonds is 1. The van der Waals surface area contributed by atoms with E-state index in [4.69, 9.17) is 51.1 Å². The molecule has 0 N–H and O–H groups in total. The number of hydrogen-bond acceptors (Lipinski definition) is 5. The predicted molar refractivity (Wildman–Crippen MR) is 124 cm³/mol. The van der Waals surface area contributed by atoms with E-state index < -0.39 is 4.92 Å².